The summed E-state index contributed by atoms with van der Waals surface area (Å²) in [7, 11) is 0. The van der Waals surface area contributed by atoms with Crippen LogP contribution in [0, 0.1) is 0 Å². The Kier molecular flexibility index (Phi) is 4.70. The minimum Gasteiger partial charge on any atom is -0.353 e. The van der Waals surface area contributed by atoms with Gasteiger partial charge in [0, 0.05) is 30.5 Å². The highest BCUT2D eigenvalue weighted by Gasteiger charge is 2.01. The number of hydrogen-bond acceptors (Lipinski definition) is 4. The number of rotatable bonds is 5. The molecular formula is C10H16N4O. The Morgan fingerprint density at radius 1 is 1.40 bits per heavy atom. The van der Waals surface area contributed by atoms with Crippen molar-refractivity contribution in [3.8, 4) is 0 Å². The monoisotopic (exact) mass is 208 g/mol. The summed E-state index contributed by atoms with van der Waals surface area (Å²) in [6, 6.07) is 0.180. The standard InChI is InChI=1S/C10H16N4O/c1-8(2)14-10(15)6-11-3-9-4-12-7-13-5-9/h4-5,7-8,11H,3,6H2,1-2H3,(H,14,15). The fourth-order valence-electron chi connectivity index (χ4n) is 1.11. The predicted molar refractivity (Wildman–Crippen MR) is 57.0 cm³/mol. The van der Waals surface area contributed by atoms with Crippen LogP contribution in [0.2, 0.25) is 0 Å². The summed E-state index contributed by atoms with van der Waals surface area (Å²) in [5, 5.41) is 5.81. The molecule has 82 valence electrons. The second-order valence-electron chi connectivity index (χ2n) is 3.57. The lowest BCUT2D eigenvalue weighted by atomic mass is 10.3. The van der Waals surface area contributed by atoms with Crippen LogP contribution >= 0.6 is 0 Å². The molecule has 1 heterocycles. The molecule has 1 rings (SSSR count). The van der Waals surface area contributed by atoms with Gasteiger partial charge in [-0.25, -0.2) is 9.97 Å². The summed E-state index contributed by atoms with van der Waals surface area (Å²) >= 11 is 0. The van der Waals surface area contributed by atoms with Crippen LogP contribution in [0.25, 0.3) is 0 Å². The van der Waals surface area contributed by atoms with Crippen LogP contribution in [-0.2, 0) is 11.3 Å². The number of hydrogen-bond donors (Lipinski definition) is 2. The molecule has 0 saturated carbocycles. The van der Waals surface area contributed by atoms with E-state index < -0.39 is 0 Å². The molecule has 0 bridgehead atoms. The van der Waals surface area contributed by atoms with Gasteiger partial charge in [-0.2, -0.15) is 0 Å². The summed E-state index contributed by atoms with van der Waals surface area (Å²) in [4.78, 5) is 19.0. The van der Waals surface area contributed by atoms with Crippen molar-refractivity contribution in [2.45, 2.75) is 26.4 Å². The molecule has 1 amide bonds. The van der Waals surface area contributed by atoms with E-state index in [1.54, 1.807) is 12.4 Å². The average Bonchev–Trinajstić information content (AvgIpc) is 2.18. The first-order valence-electron chi connectivity index (χ1n) is 4.92. The third-order valence-electron chi connectivity index (χ3n) is 1.68. The average molecular weight is 208 g/mol. The summed E-state index contributed by atoms with van der Waals surface area (Å²) in [5.74, 6) is 0.00171. The molecule has 0 spiro atoms. The maximum atomic E-state index is 11.2. The molecule has 0 aliphatic heterocycles. The summed E-state index contributed by atoms with van der Waals surface area (Å²) < 4.78 is 0. The number of amides is 1. The van der Waals surface area contributed by atoms with Crippen LogP contribution in [0.1, 0.15) is 19.4 Å². The Labute approximate surface area is 89.3 Å². The smallest absolute Gasteiger partial charge is 0.234 e. The highest BCUT2D eigenvalue weighted by Crippen LogP contribution is 1.90. The third-order valence-corrected chi connectivity index (χ3v) is 1.68. The molecular weight excluding hydrogens is 192 g/mol. The van der Waals surface area contributed by atoms with Gasteiger partial charge in [0.2, 0.25) is 5.91 Å². The van der Waals surface area contributed by atoms with Gasteiger partial charge in [-0.3, -0.25) is 4.79 Å². The first kappa shape index (κ1) is 11.6. The minimum absolute atomic E-state index is 0.00171. The van der Waals surface area contributed by atoms with Gasteiger partial charge in [-0.1, -0.05) is 0 Å². The van der Waals surface area contributed by atoms with Crippen molar-refractivity contribution >= 4 is 5.91 Å². The van der Waals surface area contributed by atoms with Gasteiger partial charge < -0.3 is 10.6 Å². The van der Waals surface area contributed by atoms with E-state index >= 15 is 0 Å². The maximum absolute atomic E-state index is 11.2. The molecule has 0 radical (unpaired) electrons. The molecule has 1 aromatic rings. The van der Waals surface area contributed by atoms with Crippen LogP contribution in [0.5, 0.6) is 0 Å². The van der Waals surface area contributed by atoms with Crippen LogP contribution in [0.4, 0.5) is 0 Å². The van der Waals surface area contributed by atoms with E-state index in [0.717, 1.165) is 5.56 Å². The predicted octanol–water partition coefficient (Wildman–Crippen LogP) is 0.0908. The number of carbonyl (C=O) groups is 1. The van der Waals surface area contributed by atoms with Gasteiger partial charge in [-0.15, -0.1) is 0 Å². The molecule has 5 nitrogen and oxygen atoms in total. The van der Waals surface area contributed by atoms with Gasteiger partial charge in [0.1, 0.15) is 6.33 Å². The van der Waals surface area contributed by atoms with Crippen molar-refractivity contribution in [2.75, 3.05) is 6.54 Å². The lowest BCUT2D eigenvalue weighted by Gasteiger charge is -2.08. The molecule has 0 saturated heterocycles. The molecule has 0 aliphatic carbocycles. The fourth-order valence-corrected chi connectivity index (χ4v) is 1.11. The first-order chi connectivity index (χ1) is 7.18. The van der Waals surface area contributed by atoms with Crippen molar-refractivity contribution < 1.29 is 4.79 Å². The lowest BCUT2D eigenvalue weighted by molar-refractivity contribution is -0.120. The van der Waals surface area contributed by atoms with Crippen molar-refractivity contribution in [3.05, 3.63) is 24.3 Å². The SMILES string of the molecule is CC(C)NC(=O)CNCc1cncnc1. The highest BCUT2D eigenvalue weighted by molar-refractivity contribution is 5.78. The van der Waals surface area contributed by atoms with E-state index in [-0.39, 0.29) is 11.9 Å². The van der Waals surface area contributed by atoms with Crippen molar-refractivity contribution in [1.82, 2.24) is 20.6 Å². The Bertz CT molecular complexity index is 300. The van der Waals surface area contributed by atoms with Crippen molar-refractivity contribution in [3.63, 3.8) is 0 Å². The molecule has 15 heavy (non-hydrogen) atoms. The quantitative estimate of drug-likeness (QED) is 0.719. The van der Waals surface area contributed by atoms with E-state index in [4.69, 9.17) is 0 Å². The molecule has 5 heteroatoms. The summed E-state index contributed by atoms with van der Waals surface area (Å²) in [5.41, 5.74) is 0.967. The van der Waals surface area contributed by atoms with Gasteiger partial charge in [-0.05, 0) is 13.8 Å². The van der Waals surface area contributed by atoms with E-state index in [2.05, 4.69) is 20.6 Å². The second-order valence-corrected chi connectivity index (χ2v) is 3.57. The second kappa shape index (κ2) is 6.08. The zero-order valence-corrected chi connectivity index (χ0v) is 9.03. The molecule has 0 atom stereocenters. The normalized spacial score (nSPS) is 10.3. The van der Waals surface area contributed by atoms with E-state index in [1.807, 2.05) is 13.8 Å². The Morgan fingerprint density at radius 2 is 2.07 bits per heavy atom. The van der Waals surface area contributed by atoms with E-state index in [1.165, 1.54) is 6.33 Å². The van der Waals surface area contributed by atoms with Gasteiger partial charge >= 0.3 is 0 Å². The zero-order chi connectivity index (χ0) is 11.1. The lowest BCUT2D eigenvalue weighted by Crippen LogP contribution is -2.37. The van der Waals surface area contributed by atoms with Crippen LogP contribution < -0.4 is 10.6 Å². The van der Waals surface area contributed by atoms with Crippen molar-refractivity contribution in [1.29, 1.82) is 0 Å². The Morgan fingerprint density at radius 3 is 2.67 bits per heavy atom. The highest BCUT2D eigenvalue weighted by atomic mass is 16.1. The third kappa shape index (κ3) is 5.07. The zero-order valence-electron chi connectivity index (χ0n) is 9.03. The molecule has 0 unspecified atom stereocenters. The molecule has 2 N–H and O–H groups in total. The largest absolute Gasteiger partial charge is 0.353 e. The summed E-state index contributed by atoms with van der Waals surface area (Å²) in [6.45, 7) is 4.78. The number of carbonyl (C=O) groups excluding carboxylic acids is 1. The number of aromatic nitrogens is 2. The van der Waals surface area contributed by atoms with Gasteiger partial charge in [0.25, 0.3) is 0 Å². The Hall–Kier alpha value is -1.49. The minimum atomic E-state index is 0.00171. The van der Waals surface area contributed by atoms with Crippen LogP contribution in [-0.4, -0.2) is 28.5 Å². The molecule has 0 aromatic carbocycles. The Balaban J connectivity index is 2.19. The maximum Gasteiger partial charge on any atom is 0.234 e. The first-order valence-corrected chi connectivity index (χ1v) is 4.92. The van der Waals surface area contributed by atoms with Crippen LogP contribution in [0.15, 0.2) is 18.7 Å². The van der Waals surface area contributed by atoms with Crippen LogP contribution in [0.3, 0.4) is 0 Å². The molecule has 1 aromatic heterocycles. The fraction of sp³-hybridized carbons (Fsp3) is 0.500. The van der Waals surface area contributed by atoms with Gasteiger partial charge in [0.05, 0.1) is 6.54 Å². The van der Waals surface area contributed by atoms with Gasteiger partial charge in [0.15, 0.2) is 0 Å². The van der Waals surface area contributed by atoms with Crippen molar-refractivity contribution in [2.24, 2.45) is 0 Å². The number of nitrogens with zero attached hydrogens (tertiary/aromatic N) is 2. The molecule has 0 fully saturated rings. The molecule has 0 aliphatic rings. The van der Waals surface area contributed by atoms with E-state index in [0.29, 0.717) is 13.1 Å². The summed E-state index contributed by atoms with van der Waals surface area (Å²) in [6.07, 6.45) is 4.93. The van der Waals surface area contributed by atoms with E-state index in [9.17, 15) is 4.79 Å². The topological polar surface area (TPSA) is 66.9 Å². The number of nitrogens with one attached hydrogen (secondary N) is 2.